The Bertz CT molecular complexity index is 842. The zero-order chi connectivity index (χ0) is 24.3. The second-order valence-electron chi connectivity index (χ2n) is 6.80. The number of carbonyl (C=O) groups is 6. The van der Waals surface area contributed by atoms with Crippen LogP contribution in [0.15, 0.2) is 12.5 Å². The van der Waals surface area contributed by atoms with Gasteiger partial charge in [-0.25, -0.2) is 9.78 Å². The normalized spacial score (nSPS) is 13.3. The van der Waals surface area contributed by atoms with E-state index < -0.39 is 66.6 Å². The number of carboxylic acid groups (broad SMARTS) is 1. The molecule has 1 rings (SSSR count). The molecule has 1 aromatic rings. The third-order valence-corrected chi connectivity index (χ3v) is 4.11. The fourth-order valence-electron chi connectivity index (χ4n) is 2.47. The number of aliphatic carboxylic acids is 1. The molecule has 5 amide bonds. The number of H-pyrrole nitrogens is 1. The van der Waals surface area contributed by atoms with Crippen LogP contribution in [0.4, 0.5) is 0 Å². The molecule has 3 unspecified atom stereocenters. The van der Waals surface area contributed by atoms with Gasteiger partial charge in [0, 0.05) is 24.7 Å². The number of carboxylic acids is 1. The fourth-order valence-corrected chi connectivity index (χ4v) is 2.47. The Labute approximate surface area is 181 Å². The van der Waals surface area contributed by atoms with Gasteiger partial charge >= 0.3 is 5.97 Å². The summed E-state index contributed by atoms with van der Waals surface area (Å²) in [6.45, 7) is -0.634. The number of carbonyl (C=O) groups excluding carboxylic acids is 5. The van der Waals surface area contributed by atoms with E-state index >= 15 is 0 Å². The predicted molar refractivity (Wildman–Crippen MR) is 107 cm³/mol. The molecule has 0 aromatic carbocycles. The molecule has 176 valence electrons. The molecule has 0 saturated heterocycles. The van der Waals surface area contributed by atoms with Crippen LogP contribution < -0.4 is 33.2 Å². The largest absolute Gasteiger partial charge is 0.480 e. The number of hydrogen-bond donors (Lipinski definition) is 8. The van der Waals surface area contributed by atoms with Crippen LogP contribution in [0.3, 0.4) is 0 Å². The smallest absolute Gasteiger partial charge is 0.326 e. The van der Waals surface area contributed by atoms with Crippen molar-refractivity contribution in [2.24, 2.45) is 17.2 Å². The van der Waals surface area contributed by atoms with Crippen LogP contribution >= 0.6 is 0 Å². The molecule has 1 aromatic heterocycles. The molecular weight excluding hydrogens is 428 g/mol. The fraction of sp³-hybridized carbons (Fsp3) is 0.471. The van der Waals surface area contributed by atoms with E-state index in [1.165, 1.54) is 12.5 Å². The lowest BCUT2D eigenvalue weighted by molar-refractivity contribution is -0.143. The maximum atomic E-state index is 12.6. The standard InChI is InChI=1S/C17H26N8O7/c18-9(1-2-12(19)26)15(29)25-10(3-8-5-21-7-23-8)16(30)22-6-14(28)24-11(17(31)32)4-13(20)27/h5,7,9-11H,1-4,6,18H2,(H2,19,26)(H2,20,27)(H,21,23)(H,22,30)(H,24,28)(H,25,29)(H,31,32). The highest BCUT2D eigenvalue weighted by molar-refractivity contribution is 5.93. The Hall–Kier alpha value is -4.01. The molecule has 0 aliphatic rings. The summed E-state index contributed by atoms with van der Waals surface area (Å²) < 4.78 is 0. The number of amides is 5. The van der Waals surface area contributed by atoms with Crippen molar-refractivity contribution < 1.29 is 33.9 Å². The summed E-state index contributed by atoms with van der Waals surface area (Å²) in [4.78, 5) is 76.2. The van der Waals surface area contributed by atoms with E-state index in [1.807, 2.05) is 0 Å². The number of hydrogen-bond acceptors (Lipinski definition) is 8. The molecule has 0 fully saturated rings. The number of rotatable bonds is 14. The van der Waals surface area contributed by atoms with E-state index in [2.05, 4.69) is 25.9 Å². The van der Waals surface area contributed by atoms with Gasteiger partial charge in [0.15, 0.2) is 0 Å². The number of nitrogens with two attached hydrogens (primary N) is 3. The highest BCUT2D eigenvalue weighted by Crippen LogP contribution is 2.01. The first-order valence-corrected chi connectivity index (χ1v) is 9.39. The van der Waals surface area contributed by atoms with E-state index in [1.54, 1.807) is 0 Å². The molecule has 0 spiro atoms. The molecule has 15 nitrogen and oxygen atoms in total. The average molecular weight is 454 g/mol. The molecule has 15 heteroatoms. The van der Waals surface area contributed by atoms with Crippen molar-refractivity contribution in [2.45, 2.75) is 43.8 Å². The number of aromatic nitrogens is 2. The van der Waals surface area contributed by atoms with Gasteiger partial charge in [0.2, 0.25) is 29.5 Å². The van der Waals surface area contributed by atoms with Gasteiger partial charge in [0.1, 0.15) is 12.1 Å². The third-order valence-electron chi connectivity index (χ3n) is 4.11. The second kappa shape index (κ2) is 12.6. The lowest BCUT2D eigenvalue weighted by Crippen LogP contribution is -2.54. The first kappa shape index (κ1) is 26.0. The van der Waals surface area contributed by atoms with Gasteiger partial charge in [-0.05, 0) is 6.42 Å². The first-order chi connectivity index (χ1) is 15.0. The minimum Gasteiger partial charge on any atom is -0.480 e. The minimum atomic E-state index is -1.55. The van der Waals surface area contributed by atoms with Crippen molar-refractivity contribution in [1.29, 1.82) is 0 Å². The minimum absolute atomic E-state index is 0.0266. The predicted octanol–water partition coefficient (Wildman–Crippen LogP) is -4.41. The molecule has 0 aliphatic heterocycles. The third kappa shape index (κ3) is 9.66. The topological polar surface area (TPSA) is 265 Å². The van der Waals surface area contributed by atoms with Gasteiger partial charge < -0.3 is 43.2 Å². The first-order valence-electron chi connectivity index (χ1n) is 9.39. The monoisotopic (exact) mass is 454 g/mol. The van der Waals surface area contributed by atoms with Crippen LogP contribution in [0.25, 0.3) is 0 Å². The maximum Gasteiger partial charge on any atom is 0.326 e. The molecule has 0 aliphatic carbocycles. The maximum absolute atomic E-state index is 12.6. The summed E-state index contributed by atoms with van der Waals surface area (Å²) in [7, 11) is 0. The molecular formula is C17H26N8O7. The molecule has 3 atom stereocenters. The number of aromatic amines is 1. The van der Waals surface area contributed by atoms with E-state index in [0.717, 1.165) is 0 Å². The summed E-state index contributed by atoms with van der Waals surface area (Å²) in [5.41, 5.74) is 16.2. The zero-order valence-electron chi connectivity index (χ0n) is 17.0. The van der Waals surface area contributed by atoms with Crippen molar-refractivity contribution in [2.75, 3.05) is 6.54 Å². The van der Waals surface area contributed by atoms with Crippen LogP contribution in [-0.2, 0) is 35.2 Å². The van der Waals surface area contributed by atoms with Gasteiger partial charge in [-0.2, -0.15) is 0 Å². The Kier molecular flexibility index (Phi) is 10.3. The Morgan fingerprint density at radius 3 is 2.25 bits per heavy atom. The Balaban J connectivity index is 2.73. The molecule has 0 saturated carbocycles. The van der Waals surface area contributed by atoms with Crippen molar-refractivity contribution >= 4 is 35.5 Å². The Morgan fingerprint density at radius 2 is 1.72 bits per heavy atom. The van der Waals surface area contributed by atoms with Crippen molar-refractivity contribution in [3.63, 3.8) is 0 Å². The molecule has 0 bridgehead atoms. The van der Waals surface area contributed by atoms with Gasteiger partial charge in [-0.1, -0.05) is 0 Å². The summed E-state index contributed by atoms with van der Waals surface area (Å²) >= 11 is 0. The number of nitrogens with zero attached hydrogens (tertiary/aromatic N) is 1. The molecule has 11 N–H and O–H groups in total. The number of primary amides is 2. The lowest BCUT2D eigenvalue weighted by Gasteiger charge is -2.20. The van der Waals surface area contributed by atoms with Crippen molar-refractivity contribution in [1.82, 2.24) is 25.9 Å². The van der Waals surface area contributed by atoms with Crippen LogP contribution in [-0.4, -0.2) is 75.2 Å². The molecule has 32 heavy (non-hydrogen) atoms. The SMILES string of the molecule is NC(=O)CCC(N)C(=O)NC(Cc1cnc[nH]1)C(=O)NCC(=O)NC(CC(N)=O)C(=O)O. The van der Waals surface area contributed by atoms with Crippen molar-refractivity contribution in [3.8, 4) is 0 Å². The highest BCUT2D eigenvalue weighted by atomic mass is 16.4. The van der Waals surface area contributed by atoms with Gasteiger partial charge in [-0.3, -0.25) is 24.0 Å². The summed E-state index contributed by atoms with van der Waals surface area (Å²) in [6, 6.07) is -3.83. The van der Waals surface area contributed by atoms with Crippen LogP contribution in [0, 0.1) is 0 Å². The highest BCUT2D eigenvalue weighted by Gasteiger charge is 2.26. The van der Waals surface area contributed by atoms with Crippen LogP contribution in [0.2, 0.25) is 0 Å². The van der Waals surface area contributed by atoms with Crippen LogP contribution in [0.5, 0.6) is 0 Å². The number of nitrogens with one attached hydrogen (secondary N) is 4. The summed E-state index contributed by atoms with van der Waals surface area (Å²) in [5, 5.41) is 15.7. The van der Waals surface area contributed by atoms with E-state index in [9.17, 15) is 28.8 Å². The average Bonchev–Trinajstić information content (AvgIpc) is 3.21. The molecule has 1 heterocycles. The quantitative estimate of drug-likeness (QED) is 0.135. The summed E-state index contributed by atoms with van der Waals surface area (Å²) in [5.74, 6) is -5.43. The van der Waals surface area contributed by atoms with E-state index in [0.29, 0.717) is 5.69 Å². The second-order valence-corrected chi connectivity index (χ2v) is 6.80. The molecule has 0 radical (unpaired) electrons. The number of imidazole rings is 1. The van der Waals surface area contributed by atoms with Gasteiger partial charge in [-0.15, -0.1) is 0 Å². The van der Waals surface area contributed by atoms with E-state index in [4.69, 9.17) is 22.3 Å². The zero-order valence-corrected chi connectivity index (χ0v) is 17.0. The van der Waals surface area contributed by atoms with Crippen LogP contribution in [0.1, 0.15) is 25.0 Å². The lowest BCUT2D eigenvalue weighted by atomic mass is 10.1. The van der Waals surface area contributed by atoms with Crippen molar-refractivity contribution in [3.05, 3.63) is 18.2 Å². The van der Waals surface area contributed by atoms with Gasteiger partial charge in [0.05, 0.1) is 25.3 Å². The summed E-state index contributed by atoms with van der Waals surface area (Å²) in [6.07, 6.45) is 1.98. The van der Waals surface area contributed by atoms with E-state index in [-0.39, 0.29) is 19.3 Å². The van der Waals surface area contributed by atoms with Gasteiger partial charge in [0.25, 0.3) is 0 Å². The Morgan fingerprint density at radius 1 is 1.03 bits per heavy atom.